The van der Waals surface area contributed by atoms with Crippen LogP contribution in [0.4, 0.5) is 8.78 Å². The summed E-state index contributed by atoms with van der Waals surface area (Å²) in [6.07, 6.45) is 3.68. The molecule has 3 aromatic heterocycles. The van der Waals surface area contributed by atoms with E-state index in [1.807, 2.05) is 0 Å². The van der Waals surface area contributed by atoms with Crippen LogP contribution in [-0.4, -0.2) is 42.0 Å². The molecule has 8 nitrogen and oxygen atoms in total. The molecule has 1 fully saturated rings. The molecular weight excluding hydrogens is 332 g/mol. The number of carbonyl (C=O) groups excluding carboxylic acids is 1. The fourth-order valence-corrected chi connectivity index (χ4v) is 2.86. The molecule has 1 aliphatic rings. The molecule has 1 saturated carbocycles. The van der Waals surface area contributed by atoms with E-state index in [4.69, 9.17) is 0 Å². The number of nitrogens with one attached hydrogen (secondary N) is 1. The van der Waals surface area contributed by atoms with E-state index in [9.17, 15) is 13.6 Å². The molecule has 1 aliphatic carbocycles. The smallest absolute Gasteiger partial charge is 0.280 e. The molecule has 130 valence electrons. The maximum Gasteiger partial charge on any atom is 0.280 e. The maximum atomic E-state index is 13.2. The highest BCUT2D eigenvalue weighted by Gasteiger charge is 2.45. The lowest BCUT2D eigenvalue weighted by atomic mass is 10.2. The standard InChI is InChI=1S/C15H15F2N7O/c1-9-6-11(12(16)17)24-13(21-9)10(7-20-24)14(25)18-8-15(2-3-15)23-5-4-19-22-23/h4-7,12H,2-3,8H2,1H3,(H,18,25). The molecule has 0 aliphatic heterocycles. The van der Waals surface area contributed by atoms with Gasteiger partial charge in [0.25, 0.3) is 12.3 Å². The van der Waals surface area contributed by atoms with E-state index in [-0.39, 0.29) is 22.4 Å². The Bertz CT molecular complexity index is 931. The molecular formula is C15H15F2N7O. The lowest BCUT2D eigenvalue weighted by Crippen LogP contribution is -2.36. The van der Waals surface area contributed by atoms with Gasteiger partial charge in [0.1, 0.15) is 11.3 Å². The van der Waals surface area contributed by atoms with Crippen molar-refractivity contribution in [3.63, 3.8) is 0 Å². The van der Waals surface area contributed by atoms with Crippen molar-refractivity contribution >= 4 is 11.6 Å². The Balaban J connectivity index is 1.59. The molecule has 4 rings (SSSR count). The third kappa shape index (κ3) is 2.63. The van der Waals surface area contributed by atoms with Gasteiger partial charge in [-0.15, -0.1) is 5.10 Å². The lowest BCUT2D eigenvalue weighted by Gasteiger charge is -2.15. The Labute approximate surface area is 140 Å². The van der Waals surface area contributed by atoms with Crippen molar-refractivity contribution in [3.05, 3.63) is 41.6 Å². The number of hydrogen-bond acceptors (Lipinski definition) is 5. The van der Waals surface area contributed by atoms with Crippen LogP contribution in [0, 0.1) is 6.92 Å². The first-order chi connectivity index (χ1) is 12.0. The van der Waals surface area contributed by atoms with Crippen LogP contribution in [-0.2, 0) is 5.54 Å². The molecule has 0 spiro atoms. The number of aromatic nitrogens is 6. The number of amides is 1. The number of hydrogen-bond donors (Lipinski definition) is 1. The topological polar surface area (TPSA) is 90.0 Å². The van der Waals surface area contributed by atoms with Crippen molar-refractivity contribution in [2.24, 2.45) is 0 Å². The molecule has 0 radical (unpaired) electrons. The van der Waals surface area contributed by atoms with Gasteiger partial charge in [-0.05, 0) is 25.8 Å². The van der Waals surface area contributed by atoms with Crippen LogP contribution >= 0.6 is 0 Å². The first-order valence-electron chi connectivity index (χ1n) is 7.79. The molecule has 0 bridgehead atoms. The number of carbonyl (C=O) groups is 1. The summed E-state index contributed by atoms with van der Waals surface area (Å²) in [4.78, 5) is 16.7. The molecule has 0 atom stereocenters. The summed E-state index contributed by atoms with van der Waals surface area (Å²) in [5.41, 5.74) is 0.145. The number of aryl methyl sites for hydroxylation is 1. The normalized spacial score (nSPS) is 15.7. The fraction of sp³-hybridized carbons (Fsp3) is 0.400. The predicted molar refractivity (Wildman–Crippen MR) is 82.2 cm³/mol. The average molecular weight is 347 g/mol. The number of halogens is 2. The van der Waals surface area contributed by atoms with Crippen LogP contribution in [0.2, 0.25) is 0 Å². The Kier molecular flexibility index (Phi) is 3.48. The van der Waals surface area contributed by atoms with Gasteiger partial charge >= 0.3 is 0 Å². The van der Waals surface area contributed by atoms with Crippen molar-refractivity contribution in [1.29, 1.82) is 0 Å². The Morgan fingerprint density at radius 1 is 1.44 bits per heavy atom. The summed E-state index contributed by atoms with van der Waals surface area (Å²) in [5.74, 6) is -0.403. The minimum atomic E-state index is -2.71. The predicted octanol–water partition coefficient (Wildman–Crippen LogP) is 1.49. The molecule has 0 unspecified atom stereocenters. The second kappa shape index (κ2) is 5.57. The van der Waals surface area contributed by atoms with E-state index >= 15 is 0 Å². The van der Waals surface area contributed by atoms with Crippen LogP contribution in [0.15, 0.2) is 24.7 Å². The van der Waals surface area contributed by atoms with Crippen LogP contribution in [0.25, 0.3) is 5.65 Å². The van der Waals surface area contributed by atoms with Crippen molar-refractivity contribution in [1.82, 2.24) is 34.9 Å². The van der Waals surface area contributed by atoms with E-state index in [1.54, 1.807) is 24.0 Å². The van der Waals surface area contributed by atoms with Crippen molar-refractivity contribution in [2.45, 2.75) is 31.7 Å². The fourth-order valence-electron chi connectivity index (χ4n) is 2.86. The van der Waals surface area contributed by atoms with Crippen molar-refractivity contribution in [2.75, 3.05) is 6.54 Å². The van der Waals surface area contributed by atoms with Gasteiger partial charge in [-0.3, -0.25) is 4.79 Å². The maximum absolute atomic E-state index is 13.2. The summed E-state index contributed by atoms with van der Waals surface area (Å²) in [6, 6.07) is 1.26. The van der Waals surface area contributed by atoms with E-state index in [0.717, 1.165) is 17.4 Å². The number of nitrogens with zero attached hydrogens (tertiary/aromatic N) is 6. The SMILES string of the molecule is Cc1cc(C(F)F)n2ncc(C(=O)NCC3(n4ccnn4)CC3)c2n1. The van der Waals surface area contributed by atoms with E-state index < -0.39 is 12.3 Å². The quantitative estimate of drug-likeness (QED) is 0.755. The van der Waals surface area contributed by atoms with Crippen molar-refractivity contribution < 1.29 is 13.6 Å². The lowest BCUT2D eigenvalue weighted by molar-refractivity contribution is 0.0945. The zero-order chi connectivity index (χ0) is 17.6. The highest BCUT2D eigenvalue weighted by Crippen LogP contribution is 2.42. The second-order valence-corrected chi connectivity index (χ2v) is 6.17. The summed E-state index contributed by atoms with van der Waals surface area (Å²) in [6.45, 7) is 1.98. The van der Waals surface area contributed by atoms with E-state index in [2.05, 4.69) is 25.7 Å². The van der Waals surface area contributed by atoms with Gasteiger partial charge in [0.15, 0.2) is 5.65 Å². The second-order valence-electron chi connectivity index (χ2n) is 6.17. The van der Waals surface area contributed by atoms with Gasteiger partial charge in [-0.1, -0.05) is 5.21 Å². The highest BCUT2D eigenvalue weighted by molar-refractivity contribution is 5.99. The van der Waals surface area contributed by atoms with Crippen molar-refractivity contribution in [3.8, 4) is 0 Å². The van der Waals surface area contributed by atoms with Crippen LogP contribution in [0.1, 0.15) is 41.0 Å². The average Bonchev–Trinajstić information content (AvgIpc) is 2.99. The highest BCUT2D eigenvalue weighted by atomic mass is 19.3. The molecule has 10 heteroatoms. The summed E-state index contributed by atoms with van der Waals surface area (Å²) in [5, 5.41) is 14.5. The molecule has 3 aromatic rings. The van der Waals surface area contributed by atoms with E-state index in [1.165, 1.54) is 12.3 Å². The molecule has 1 N–H and O–H groups in total. The van der Waals surface area contributed by atoms with Gasteiger partial charge in [0, 0.05) is 18.4 Å². The summed E-state index contributed by atoms with van der Waals surface area (Å²) < 4.78 is 29.1. The van der Waals surface area contributed by atoms with Crippen LogP contribution < -0.4 is 5.32 Å². The molecule has 25 heavy (non-hydrogen) atoms. The number of alkyl halides is 2. The number of fused-ring (bicyclic) bond motifs is 1. The van der Waals surface area contributed by atoms with Gasteiger partial charge in [-0.2, -0.15) is 5.10 Å². The monoisotopic (exact) mass is 347 g/mol. The van der Waals surface area contributed by atoms with Crippen LogP contribution in [0.3, 0.4) is 0 Å². The Hall–Kier alpha value is -2.91. The minimum Gasteiger partial charge on any atom is -0.349 e. The summed E-state index contributed by atoms with van der Waals surface area (Å²) in [7, 11) is 0. The summed E-state index contributed by atoms with van der Waals surface area (Å²) >= 11 is 0. The third-order valence-electron chi connectivity index (χ3n) is 4.41. The Morgan fingerprint density at radius 3 is 2.88 bits per heavy atom. The zero-order valence-electron chi connectivity index (χ0n) is 13.4. The molecule has 0 aromatic carbocycles. The Morgan fingerprint density at radius 2 is 2.24 bits per heavy atom. The molecule has 0 saturated heterocycles. The zero-order valence-corrected chi connectivity index (χ0v) is 13.4. The van der Waals surface area contributed by atoms with Gasteiger partial charge < -0.3 is 5.32 Å². The largest absolute Gasteiger partial charge is 0.349 e. The van der Waals surface area contributed by atoms with Crippen LogP contribution in [0.5, 0.6) is 0 Å². The number of rotatable bonds is 5. The minimum absolute atomic E-state index is 0.124. The molecule has 1 amide bonds. The van der Waals surface area contributed by atoms with Gasteiger partial charge in [-0.25, -0.2) is 23.0 Å². The van der Waals surface area contributed by atoms with E-state index in [0.29, 0.717) is 12.2 Å². The molecule has 3 heterocycles. The first kappa shape index (κ1) is 15.6. The van der Waals surface area contributed by atoms with Gasteiger partial charge in [0.2, 0.25) is 0 Å². The third-order valence-corrected chi connectivity index (χ3v) is 4.41. The first-order valence-corrected chi connectivity index (χ1v) is 7.79. The van der Waals surface area contributed by atoms with Gasteiger partial charge in [0.05, 0.1) is 17.9 Å².